The topological polar surface area (TPSA) is 491 Å². The van der Waals surface area contributed by atoms with Crippen LogP contribution in [0, 0.1) is 36.5 Å². The van der Waals surface area contributed by atoms with Crippen LogP contribution in [0.1, 0.15) is 199 Å². The Morgan fingerprint density at radius 3 is 1.90 bits per heavy atom. The molecule has 634 valence electrons. The van der Waals surface area contributed by atoms with Crippen molar-refractivity contribution in [3.05, 3.63) is 123 Å². The molecule has 0 radical (unpaired) electrons. The minimum atomic E-state index is -2.33. The molecule has 7 aliphatic heterocycles. The van der Waals surface area contributed by atoms with Crippen molar-refractivity contribution in [2.75, 3.05) is 20.1 Å². The highest BCUT2D eigenvalue weighted by atomic mass is 35.5. The summed E-state index contributed by atoms with van der Waals surface area (Å²) in [5.41, 5.74) is -1.16. The Bertz CT molecular complexity index is 4640. The van der Waals surface area contributed by atoms with Crippen LogP contribution in [0.25, 0.3) is 11.1 Å². The van der Waals surface area contributed by atoms with Gasteiger partial charge < -0.3 is 113 Å². The number of hydrogen-bond donors (Lipinski definition) is 18. The number of carbonyl (C=O) groups excluding carboxylic acids is 10. The highest BCUT2D eigenvalue weighted by Gasteiger charge is 2.54. The van der Waals surface area contributed by atoms with Crippen molar-refractivity contribution in [2.24, 2.45) is 29.6 Å². The number of rotatable bonds is 20. The van der Waals surface area contributed by atoms with Crippen LogP contribution in [0.5, 0.6) is 40.2 Å². The highest BCUT2D eigenvalue weighted by Crippen LogP contribution is 2.55. The second-order valence-electron chi connectivity index (χ2n) is 32.7. The first-order valence-corrected chi connectivity index (χ1v) is 41.0. The minimum absolute atomic E-state index is 0.0363. The number of aliphatic hydroxyl groups is 5. The molecule has 15 atom stereocenters. The lowest BCUT2D eigenvalue weighted by molar-refractivity contribution is -0.289. The minimum Gasteiger partial charge on any atom is -0.508 e. The molecular weight excluding hydrogens is 1550 g/mol. The molecule has 5 aromatic rings. The summed E-state index contributed by atoms with van der Waals surface area (Å²) >= 11 is 7.24. The summed E-state index contributed by atoms with van der Waals surface area (Å²) in [6.07, 6.45) is -8.65. The second kappa shape index (κ2) is 36.9. The first-order valence-electron chi connectivity index (χ1n) is 40.7. The standard InChI is InChI=1S/C84H104ClN11O22/c1-7-9-11-13-21-87-83(112)90-59(99)36-53-76(106)92-63-46-33-57-73(116-82-71(104)69(102)70(103)74(117-82)72(118-84(113)88-22-14-12-10-8-2)49-31-42(16-19-55(49)114-57)67(100)65(80(110)89-53)95-75(105)52(86-6)23-37(3)4)58(34-46)115-56-20-17-43(32-51(56)85)68(101)66-81(111)94-64(79(109)91-61-44-26-39-25-40(28-44)29-45(61)27-39)50-35-47(97)24-38(5)60(50)48-30-41(15-18-54(48)98)62(77(107)96-66)93-78(63)108/h15-20,24,30-35,37,39-40,44-45,52-53,61-72,74,82,86,97-98,100-104H,7-14,21-23,25-29,36H2,1-6H3,(H,88,113)(H,89,110)(H,91,109)(H,92,106)(H,93,108)(H,94,111)(H,95,105)(H,96,107)(H2,87,90,99,112)/t39?,40?,44?,45?,52-,53+,61?,62-,63-,64+,65-,66+,67-,68-,69+,70+,71-,72?,74+,82-/m1/s1. The SMILES string of the molecule is CCCCCCNC(=O)NC(=O)C[C@@H]1NC(=O)[C@H](NC(=O)[C@@H](CC(C)C)NC)[C@H](O)c2ccc3c(c2)C(OC(=O)NCCCCCC)[C@H]2O[C@@H](Oc4c5cc(cc4O3)[C@@H](NC1=O)C(=O)N[C@H]1C(=O)N[C@H](C(=O)N[C@H](C(=O)NC3C4CC6CC(C4)CC3C6)c3cc(O)cc(C)c3-c3cc1ccc3O)[C@H](O)c1ccc(c(Cl)c1)O5)[C@H](O)[C@@H](O)[C@@H]2O. The van der Waals surface area contributed by atoms with Crippen molar-refractivity contribution in [3.8, 4) is 51.4 Å². The van der Waals surface area contributed by atoms with E-state index in [2.05, 4.69) is 58.5 Å². The molecule has 5 fully saturated rings. The van der Waals surface area contributed by atoms with E-state index in [4.69, 9.17) is 35.3 Å². The molecule has 7 heterocycles. The Labute approximate surface area is 685 Å². The van der Waals surface area contributed by atoms with Gasteiger partial charge in [0.25, 0.3) is 0 Å². The van der Waals surface area contributed by atoms with Gasteiger partial charge in [-0.3, -0.25) is 43.7 Å². The van der Waals surface area contributed by atoms with Crippen LogP contribution in [-0.4, -0.2) is 176 Å². The zero-order valence-corrected chi connectivity index (χ0v) is 67.0. The third-order valence-corrected chi connectivity index (χ3v) is 24.0. The number of nitrogens with one attached hydrogen (secondary N) is 11. The summed E-state index contributed by atoms with van der Waals surface area (Å²) in [5.74, 6) is -11.5. The number of unbranched alkanes of at least 4 members (excludes halogenated alkanes) is 6. The molecule has 0 aromatic heterocycles. The van der Waals surface area contributed by atoms with Gasteiger partial charge in [-0.05, 0) is 195 Å². The Morgan fingerprint density at radius 2 is 1.24 bits per heavy atom. The monoisotopic (exact) mass is 1650 g/mol. The van der Waals surface area contributed by atoms with Gasteiger partial charge in [0.1, 0.15) is 95.9 Å². The van der Waals surface area contributed by atoms with E-state index in [1.54, 1.807) is 6.92 Å². The predicted molar refractivity (Wildman–Crippen MR) is 423 cm³/mol. The van der Waals surface area contributed by atoms with Crippen LogP contribution in [0.4, 0.5) is 9.59 Å². The smallest absolute Gasteiger partial charge is 0.407 e. The average Bonchev–Trinajstić information content (AvgIpc) is 0.757. The van der Waals surface area contributed by atoms with Gasteiger partial charge in [0.05, 0.1) is 17.5 Å². The summed E-state index contributed by atoms with van der Waals surface area (Å²) < 4.78 is 32.8. The summed E-state index contributed by atoms with van der Waals surface area (Å²) in [6.45, 7) is 9.40. The number of carbonyl (C=O) groups is 10. The largest absolute Gasteiger partial charge is 0.508 e. The lowest BCUT2D eigenvalue weighted by Gasteiger charge is -2.54. The summed E-state index contributed by atoms with van der Waals surface area (Å²) in [4.78, 5) is 152. The molecule has 16 rings (SSSR count). The Balaban J connectivity index is 1.02. The van der Waals surface area contributed by atoms with Crippen LogP contribution in [0.3, 0.4) is 0 Å². The van der Waals surface area contributed by atoms with E-state index in [1.807, 2.05) is 27.7 Å². The van der Waals surface area contributed by atoms with Crippen LogP contribution in [0.2, 0.25) is 5.02 Å². The number of amides is 11. The molecule has 33 nitrogen and oxygen atoms in total. The number of phenols is 2. The number of likely N-dealkylation sites (N-methyl/N-ethyl adjacent to an activating group) is 1. The summed E-state index contributed by atoms with van der Waals surface area (Å²) in [5, 5.41) is 115. The molecular formula is C84H104ClN11O22. The maximum Gasteiger partial charge on any atom is 0.407 e. The van der Waals surface area contributed by atoms with Gasteiger partial charge in [-0.2, -0.15) is 0 Å². The lowest BCUT2D eigenvalue weighted by atomic mass is 9.54. The van der Waals surface area contributed by atoms with Gasteiger partial charge >= 0.3 is 12.1 Å². The summed E-state index contributed by atoms with van der Waals surface area (Å²) in [6, 6.07) is 0.709. The molecule has 5 aromatic carbocycles. The number of aryl methyl sites for hydroxylation is 1. The quantitative estimate of drug-likeness (QED) is 0.0399. The van der Waals surface area contributed by atoms with Gasteiger partial charge in [0.15, 0.2) is 17.6 Å². The normalized spacial score (nSPS) is 28.4. The number of benzene rings is 5. The van der Waals surface area contributed by atoms with Crippen molar-refractivity contribution in [2.45, 2.75) is 228 Å². The maximum absolute atomic E-state index is 16.5. The predicted octanol–water partition coefficient (Wildman–Crippen LogP) is 5.96. The second-order valence-corrected chi connectivity index (χ2v) is 33.1. The molecule has 11 amide bonds. The number of urea groups is 1. The number of aromatic hydroxyl groups is 2. The number of ether oxygens (including phenoxy) is 5. The Morgan fingerprint density at radius 1 is 0.610 bits per heavy atom. The molecule has 18 N–H and O–H groups in total. The fourth-order valence-electron chi connectivity index (χ4n) is 17.9. The number of fused-ring (bicyclic) bond motifs is 16. The van der Waals surface area contributed by atoms with E-state index in [0.29, 0.717) is 31.1 Å². The molecule has 1 saturated heterocycles. The van der Waals surface area contributed by atoms with E-state index in [0.717, 1.165) is 76.3 Å². The lowest BCUT2D eigenvalue weighted by Crippen LogP contribution is -2.61. The van der Waals surface area contributed by atoms with E-state index in [-0.39, 0.29) is 110 Å². The maximum atomic E-state index is 16.5. The van der Waals surface area contributed by atoms with E-state index in [1.165, 1.54) is 73.8 Å². The molecule has 1 unspecified atom stereocenters. The Kier molecular flexibility index (Phi) is 26.7. The number of phenolic OH excluding ortho intramolecular Hbond substituents is 2. The molecule has 4 saturated carbocycles. The molecule has 11 aliphatic rings. The van der Waals surface area contributed by atoms with Crippen molar-refractivity contribution < 1.29 is 107 Å². The van der Waals surface area contributed by atoms with Crippen molar-refractivity contribution in [1.29, 1.82) is 0 Å². The van der Waals surface area contributed by atoms with E-state index in [9.17, 15) is 54.9 Å². The zero-order valence-electron chi connectivity index (χ0n) is 66.3. The van der Waals surface area contributed by atoms with Crippen molar-refractivity contribution >= 4 is 71.0 Å². The number of imide groups is 1. The molecule has 4 aliphatic carbocycles. The number of alkyl carbamates (subject to hydrolysis) is 1. The number of hydrogen-bond acceptors (Lipinski definition) is 23. The number of halogens is 1. The van der Waals surface area contributed by atoms with Crippen LogP contribution in [-0.2, 0) is 47.8 Å². The van der Waals surface area contributed by atoms with Crippen molar-refractivity contribution in [1.82, 2.24) is 58.5 Å². The first-order chi connectivity index (χ1) is 56.5. The van der Waals surface area contributed by atoms with Crippen LogP contribution >= 0.6 is 11.6 Å². The fourth-order valence-corrected chi connectivity index (χ4v) is 18.1. The van der Waals surface area contributed by atoms with Gasteiger partial charge in [-0.1, -0.05) is 96.0 Å². The molecule has 118 heavy (non-hydrogen) atoms. The van der Waals surface area contributed by atoms with Gasteiger partial charge in [0, 0.05) is 30.3 Å². The number of aliphatic hydroxyl groups excluding tert-OH is 5. The van der Waals surface area contributed by atoms with Gasteiger partial charge in [0.2, 0.25) is 59.3 Å². The van der Waals surface area contributed by atoms with Gasteiger partial charge in [-0.25, -0.2) is 9.59 Å². The van der Waals surface area contributed by atoms with Crippen molar-refractivity contribution in [3.63, 3.8) is 0 Å². The van der Waals surface area contributed by atoms with E-state index >= 15 is 28.8 Å². The first kappa shape index (κ1) is 85.5. The third-order valence-electron chi connectivity index (χ3n) is 23.7. The highest BCUT2D eigenvalue weighted by molar-refractivity contribution is 6.32. The zero-order chi connectivity index (χ0) is 84.2. The van der Waals surface area contributed by atoms with Crippen LogP contribution < -0.4 is 72.7 Å². The fraction of sp³-hybridized carbons (Fsp3) is 0.524. The molecule has 34 heteroatoms. The van der Waals surface area contributed by atoms with E-state index < -0.39 is 186 Å². The van der Waals surface area contributed by atoms with Gasteiger partial charge in [-0.15, -0.1) is 0 Å². The molecule has 0 spiro atoms. The average molecular weight is 1660 g/mol. The molecule has 18 bridgehead atoms. The Hall–Kier alpha value is -10.4. The third kappa shape index (κ3) is 18.7. The summed E-state index contributed by atoms with van der Waals surface area (Å²) in [7, 11) is 1.48. The van der Waals surface area contributed by atoms with Crippen LogP contribution in [0.15, 0.2) is 78.9 Å².